The number of rotatable bonds is 7. The van der Waals surface area contributed by atoms with Crippen LogP contribution in [0.1, 0.15) is 40.2 Å². The Morgan fingerprint density at radius 2 is 1.50 bits per heavy atom. The van der Waals surface area contributed by atoms with E-state index in [-0.39, 0.29) is 47.6 Å². The number of imide groups is 1. The van der Waals surface area contributed by atoms with Crippen molar-refractivity contribution >= 4 is 29.3 Å². The molecule has 2 saturated carbocycles. The molecule has 2 aliphatic carbocycles. The van der Waals surface area contributed by atoms with E-state index in [1.807, 2.05) is 0 Å². The van der Waals surface area contributed by atoms with Gasteiger partial charge in [-0.1, -0.05) is 0 Å². The molecule has 1 aromatic heterocycles. The van der Waals surface area contributed by atoms with Crippen LogP contribution < -0.4 is 14.4 Å². The third-order valence-corrected chi connectivity index (χ3v) is 7.50. The van der Waals surface area contributed by atoms with Crippen molar-refractivity contribution in [2.45, 2.75) is 19.3 Å². The molecule has 8 nitrogen and oxygen atoms in total. The van der Waals surface area contributed by atoms with Gasteiger partial charge in [0.05, 0.1) is 23.8 Å². The van der Waals surface area contributed by atoms with E-state index in [1.165, 1.54) is 29.4 Å². The number of benzene rings is 2. The van der Waals surface area contributed by atoms with Crippen LogP contribution in [0.15, 0.2) is 71.3 Å². The first-order chi connectivity index (χ1) is 17.5. The number of furan rings is 1. The molecule has 0 unspecified atom stereocenters. The fraction of sp³-hybridized carbons (Fsp3) is 0.286. The fourth-order valence-corrected chi connectivity index (χ4v) is 5.85. The van der Waals surface area contributed by atoms with Crippen molar-refractivity contribution in [2.24, 2.45) is 23.7 Å². The molecule has 1 saturated heterocycles. The highest BCUT2D eigenvalue weighted by atomic mass is 16.5. The second-order valence-corrected chi connectivity index (χ2v) is 9.49. The zero-order chi connectivity index (χ0) is 24.8. The maximum atomic E-state index is 13.0. The van der Waals surface area contributed by atoms with E-state index >= 15 is 0 Å². The van der Waals surface area contributed by atoms with Gasteiger partial charge in [-0.3, -0.25) is 19.3 Å². The summed E-state index contributed by atoms with van der Waals surface area (Å²) in [5.41, 5.74) is 0.941. The van der Waals surface area contributed by atoms with E-state index in [1.54, 1.807) is 42.5 Å². The number of carbonyl (C=O) groups is 4. The topological polar surface area (TPSA) is 103 Å². The van der Waals surface area contributed by atoms with Gasteiger partial charge in [0.15, 0.2) is 12.4 Å². The summed E-state index contributed by atoms with van der Waals surface area (Å²) >= 11 is 0. The van der Waals surface area contributed by atoms with Crippen molar-refractivity contribution in [3.63, 3.8) is 0 Å². The zero-order valence-electron chi connectivity index (χ0n) is 19.3. The monoisotopic (exact) mass is 485 g/mol. The quantitative estimate of drug-likeness (QED) is 0.213. The predicted octanol–water partition coefficient (Wildman–Crippen LogP) is 4.30. The lowest BCUT2D eigenvalue weighted by atomic mass is 9.81. The number of hydrogen-bond acceptors (Lipinski definition) is 7. The van der Waals surface area contributed by atoms with Crippen LogP contribution in [0.3, 0.4) is 0 Å². The lowest BCUT2D eigenvalue weighted by Gasteiger charge is -2.19. The molecular formula is C28H23NO7. The van der Waals surface area contributed by atoms with Gasteiger partial charge >= 0.3 is 5.97 Å². The Kier molecular flexibility index (Phi) is 5.44. The van der Waals surface area contributed by atoms with Gasteiger partial charge in [-0.05, 0) is 91.8 Å². The summed E-state index contributed by atoms with van der Waals surface area (Å²) in [4.78, 5) is 51.8. The minimum Gasteiger partial charge on any atom is -0.485 e. The van der Waals surface area contributed by atoms with Gasteiger partial charge in [0.1, 0.15) is 11.5 Å². The van der Waals surface area contributed by atoms with Crippen LogP contribution in [0.5, 0.6) is 11.5 Å². The largest absolute Gasteiger partial charge is 0.485 e. The number of amides is 2. The molecule has 2 aromatic carbocycles. The first kappa shape index (κ1) is 22.3. The SMILES string of the molecule is O=C(COc1ccc(N2C(=O)[C@@H]3[C@@H]4CC[C@@H](C4)[C@@H]3C2=O)cc1)c1ccc(OC(=O)c2ccco2)cc1. The Balaban J connectivity index is 1.05. The highest BCUT2D eigenvalue weighted by molar-refractivity contribution is 6.22. The lowest BCUT2D eigenvalue weighted by Crippen LogP contribution is -2.32. The van der Waals surface area contributed by atoms with E-state index in [0.29, 0.717) is 28.8 Å². The van der Waals surface area contributed by atoms with Crippen LogP contribution in [-0.4, -0.2) is 30.2 Å². The number of fused-ring (bicyclic) bond motifs is 5. The lowest BCUT2D eigenvalue weighted by molar-refractivity contribution is -0.123. The van der Waals surface area contributed by atoms with E-state index in [0.717, 1.165) is 19.3 Å². The smallest absolute Gasteiger partial charge is 0.379 e. The van der Waals surface area contributed by atoms with Gasteiger partial charge < -0.3 is 13.9 Å². The van der Waals surface area contributed by atoms with Crippen LogP contribution in [0.25, 0.3) is 0 Å². The van der Waals surface area contributed by atoms with Gasteiger partial charge in [-0.25, -0.2) is 4.79 Å². The summed E-state index contributed by atoms with van der Waals surface area (Å²) in [6.45, 7) is -0.194. The summed E-state index contributed by atoms with van der Waals surface area (Å²) < 4.78 is 15.8. The van der Waals surface area contributed by atoms with Crippen molar-refractivity contribution in [2.75, 3.05) is 11.5 Å². The van der Waals surface area contributed by atoms with Crippen LogP contribution in [0.4, 0.5) is 5.69 Å². The second kappa shape index (κ2) is 8.78. The average Bonchev–Trinajstić information content (AvgIpc) is 3.69. The number of nitrogens with zero attached hydrogens (tertiary/aromatic N) is 1. The first-order valence-electron chi connectivity index (χ1n) is 12.0. The van der Waals surface area contributed by atoms with Crippen molar-refractivity contribution in [1.82, 2.24) is 0 Å². The van der Waals surface area contributed by atoms with Crippen LogP contribution in [0.2, 0.25) is 0 Å². The van der Waals surface area contributed by atoms with Crippen molar-refractivity contribution in [1.29, 1.82) is 0 Å². The minimum absolute atomic E-state index is 0.0840. The molecule has 36 heavy (non-hydrogen) atoms. The Hall–Kier alpha value is -4.20. The molecule has 4 atom stereocenters. The van der Waals surface area contributed by atoms with E-state index in [4.69, 9.17) is 13.9 Å². The molecule has 0 N–H and O–H groups in total. The standard InChI is InChI=1S/C28H23NO7/c30-22(16-5-9-21(10-6-16)36-28(33)23-2-1-13-34-23)15-35-20-11-7-19(8-12-20)29-26(31)24-17-3-4-18(14-17)25(24)27(29)32/h1-2,5-13,17-18,24-25H,3-4,14-15H2/t17-,18+,24-,25+. The number of ketones is 1. The molecule has 2 bridgehead atoms. The van der Waals surface area contributed by atoms with E-state index in [9.17, 15) is 19.2 Å². The number of ether oxygens (including phenoxy) is 2. The first-order valence-corrected chi connectivity index (χ1v) is 12.0. The Morgan fingerprint density at radius 1 is 0.861 bits per heavy atom. The number of carbonyl (C=O) groups excluding carboxylic acids is 4. The van der Waals surface area contributed by atoms with E-state index < -0.39 is 5.97 Å². The van der Waals surface area contributed by atoms with Crippen molar-refractivity contribution in [3.05, 3.63) is 78.3 Å². The average molecular weight is 485 g/mol. The van der Waals surface area contributed by atoms with Crippen LogP contribution >= 0.6 is 0 Å². The van der Waals surface area contributed by atoms with Gasteiger partial charge in [0, 0.05) is 5.56 Å². The third-order valence-electron chi connectivity index (χ3n) is 7.50. The van der Waals surface area contributed by atoms with Crippen LogP contribution in [-0.2, 0) is 9.59 Å². The molecule has 0 spiro atoms. The Morgan fingerprint density at radius 3 is 2.11 bits per heavy atom. The molecule has 3 aliphatic rings. The van der Waals surface area contributed by atoms with Gasteiger partial charge in [0.25, 0.3) is 0 Å². The second-order valence-electron chi connectivity index (χ2n) is 9.49. The normalized spacial score (nSPS) is 24.2. The molecule has 6 rings (SSSR count). The molecule has 2 heterocycles. The molecule has 1 aliphatic heterocycles. The number of hydrogen-bond donors (Lipinski definition) is 0. The maximum Gasteiger partial charge on any atom is 0.379 e. The van der Waals surface area contributed by atoms with Gasteiger partial charge in [-0.2, -0.15) is 0 Å². The number of Topliss-reactive ketones (excluding diaryl/α,β-unsaturated/α-hetero) is 1. The molecule has 3 aromatic rings. The minimum atomic E-state index is -0.626. The summed E-state index contributed by atoms with van der Waals surface area (Å²) in [5.74, 6) is 0.133. The maximum absolute atomic E-state index is 13.0. The number of anilines is 1. The summed E-state index contributed by atoms with van der Waals surface area (Å²) in [5, 5.41) is 0. The highest BCUT2D eigenvalue weighted by Gasteiger charge is 2.61. The van der Waals surface area contributed by atoms with Crippen molar-refractivity contribution in [3.8, 4) is 11.5 Å². The van der Waals surface area contributed by atoms with Crippen LogP contribution in [0, 0.1) is 23.7 Å². The summed E-state index contributed by atoms with van der Waals surface area (Å²) in [6.07, 6.45) is 4.46. The summed E-state index contributed by atoms with van der Waals surface area (Å²) in [6, 6.07) is 15.9. The van der Waals surface area contributed by atoms with E-state index in [2.05, 4.69) is 0 Å². The molecule has 8 heteroatoms. The highest BCUT2D eigenvalue weighted by Crippen LogP contribution is 2.56. The predicted molar refractivity (Wildman–Crippen MR) is 127 cm³/mol. The van der Waals surface area contributed by atoms with Gasteiger partial charge in [-0.15, -0.1) is 0 Å². The number of esters is 1. The third kappa shape index (κ3) is 3.79. The zero-order valence-corrected chi connectivity index (χ0v) is 19.3. The Labute approximate surface area is 206 Å². The molecule has 3 fully saturated rings. The summed E-state index contributed by atoms with van der Waals surface area (Å²) in [7, 11) is 0. The molecule has 2 amide bonds. The fourth-order valence-electron chi connectivity index (χ4n) is 5.85. The Bertz CT molecular complexity index is 1300. The van der Waals surface area contributed by atoms with Gasteiger partial charge in [0.2, 0.25) is 17.6 Å². The molecular weight excluding hydrogens is 462 g/mol. The molecule has 0 radical (unpaired) electrons. The van der Waals surface area contributed by atoms with Crippen molar-refractivity contribution < 1.29 is 33.1 Å². The molecule has 182 valence electrons.